The smallest absolute Gasteiger partial charge is 0.238 e. The van der Waals surface area contributed by atoms with E-state index in [9.17, 15) is 8.42 Å². The molecule has 1 heterocycles. The van der Waals surface area contributed by atoms with Crippen molar-refractivity contribution < 1.29 is 8.42 Å². The Balaban J connectivity index is 1.46. The second-order valence-corrected chi connectivity index (χ2v) is 8.86. The summed E-state index contributed by atoms with van der Waals surface area (Å²) in [6, 6.07) is 17.5. The van der Waals surface area contributed by atoms with Crippen LogP contribution < -0.4 is 15.8 Å². The van der Waals surface area contributed by atoms with E-state index in [2.05, 4.69) is 44.8 Å². The maximum atomic E-state index is 11.5. The molecule has 8 heteroatoms. The van der Waals surface area contributed by atoms with Crippen molar-refractivity contribution in [3.63, 3.8) is 0 Å². The number of nitrogens with one attached hydrogen (secondary N) is 2. The minimum Gasteiger partial charge on any atom is -0.354 e. The van der Waals surface area contributed by atoms with Gasteiger partial charge in [0.25, 0.3) is 0 Å². The SMILES string of the molecule is CN=C(NCc1cccc(S(N)(=O)=O)c1)NC1CCN(Cc2ccccc2)CC1. The number of nitrogens with zero attached hydrogens (tertiary/aromatic N) is 2. The molecule has 0 aliphatic carbocycles. The standard InChI is InChI=1S/C21H29N5O2S/c1-23-21(24-15-18-8-5-9-20(14-18)29(22,27)28)25-19-10-12-26(13-11-19)16-17-6-3-2-4-7-17/h2-9,14,19H,10-13,15-16H2,1H3,(H2,22,27,28)(H2,23,24,25). The summed E-state index contributed by atoms with van der Waals surface area (Å²) >= 11 is 0. The number of hydrogen-bond donors (Lipinski definition) is 3. The second kappa shape index (κ2) is 9.87. The third kappa shape index (κ3) is 6.56. The predicted octanol–water partition coefficient (Wildman–Crippen LogP) is 1.66. The Morgan fingerprint density at radius 3 is 2.45 bits per heavy atom. The highest BCUT2D eigenvalue weighted by atomic mass is 32.2. The minimum absolute atomic E-state index is 0.116. The van der Waals surface area contributed by atoms with Gasteiger partial charge in [0.2, 0.25) is 10.0 Å². The summed E-state index contributed by atoms with van der Waals surface area (Å²) in [5.74, 6) is 0.715. The molecule has 1 aliphatic heterocycles. The molecule has 1 saturated heterocycles. The van der Waals surface area contributed by atoms with Crippen molar-refractivity contribution in [2.75, 3.05) is 20.1 Å². The highest BCUT2D eigenvalue weighted by Gasteiger charge is 2.20. The summed E-state index contributed by atoms with van der Waals surface area (Å²) in [4.78, 5) is 6.88. The molecule has 0 aromatic heterocycles. The summed E-state index contributed by atoms with van der Waals surface area (Å²) in [5.41, 5.74) is 2.18. The fourth-order valence-electron chi connectivity index (χ4n) is 3.48. The van der Waals surface area contributed by atoms with E-state index in [1.54, 1.807) is 19.2 Å². The van der Waals surface area contributed by atoms with Crippen LogP contribution in [0.25, 0.3) is 0 Å². The van der Waals surface area contributed by atoms with Crippen LogP contribution in [0.5, 0.6) is 0 Å². The first kappa shape index (κ1) is 21.3. The molecular formula is C21H29N5O2S. The van der Waals surface area contributed by atoms with E-state index in [4.69, 9.17) is 5.14 Å². The Bertz CT molecular complexity index is 923. The Morgan fingerprint density at radius 2 is 1.79 bits per heavy atom. The van der Waals surface area contributed by atoms with Gasteiger partial charge < -0.3 is 10.6 Å². The van der Waals surface area contributed by atoms with Crippen molar-refractivity contribution in [1.82, 2.24) is 15.5 Å². The highest BCUT2D eigenvalue weighted by molar-refractivity contribution is 7.89. The fraction of sp³-hybridized carbons (Fsp3) is 0.381. The number of likely N-dealkylation sites (tertiary alicyclic amines) is 1. The van der Waals surface area contributed by atoms with Crippen molar-refractivity contribution in [2.45, 2.75) is 36.9 Å². The Labute approximate surface area is 173 Å². The number of piperidine rings is 1. The lowest BCUT2D eigenvalue weighted by Crippen LogP contribution is -2.48. The number of nitrogens with two attached hydrogens (primary N) is 1. The van der Waals surface area contributed by atoms with Gasteiger partial charge in [0, 0.05) is 39.3 Å². The van der Waals surface area contributed by atoms with Gasteiger partial charge in [-0.05, 0) is 36.1 Å². The van der Waals surface area contributed by atoms with Crippen LogP contribution in [0.15, 0.2) is 64.5 Å². The van der Waals surface area contributed by atoms with E-state index in [0.717, 1.165) is 38.0 Å². The normalized spacial score (nSPS) is 16.6. The molecule has 0 amide bonds. The first-order valence-corrected chi connectivity index (χ1v) is 11.3. The third-order valence-electron chi connectivity index (χ3n) is 5.09. The van der Waals surface area contributed by atoms with Crippen LogP contribution in [0.2, 0.25) is 0 Å². The lowest BCUT2D eigenvalue weighted by molar-refractivity contribution is 0.198. The number of rotatable bonds is 6. The summed E-state index contributed by atoms with van der Waals surface area (Å²) in [6.45, 7) is 3.54. The topological polar surface area (TPSA) is 99.8 Å². The molecule has 0 saturated carbocycles. The van der Waals surface area contributed by atoms with Crippen molar-refractivity contribution in [2.24, 2.45) is 10.1 Å². The molecule has 0 spiro atoms. The van der Waals surface area contributed by atoms with Gasteiger partial charge in [-0.15, -0.1) is 0 Å². The van der Waals surface area contributed by atoms with Crippen molar-refractivity contribution >= 4 is 16.0 Å². The lowest BCUT2D eigenvalue weighted by Gasteiger charge is -2.33. The van der Waals surface area contributed by atoms with Gasteiger partial charge in [0.1, 0.15) is 0 Å². The molecular weight excluding hydrogens is 386 g/mol. The van der Waals surface area contributed by atoms with E-state index in [0.29, 0.717) is 18.5 Å². The average molecular weight is 416 g/mol. The number of guanidine groups is 1. The van der Waals surface area contributed by atoms with Crippen LogP contribution >= 0.6 is 0 Å². The molecule has 156 valence electrons. The fourth-order valence-corrected chi connectivity index (χ4v) is 4.07. The first-order chi connectivity index (χ1) is 13.9. The van der Waals surface area contributed by atoms with Gasteiger partial charge in [-0.3, -0.25) is 9.89 Å². The van der Waals surface area contributed by atoms with Crippen LogP contribution in [-0.4, -0.2) is 45.5 Å². The van der Waals surface area contributed by atoms with Gasteiger partial charge in [-0.1, -0.05) is 42.5 Å². The Morgan fingerprint density at radius 1 is 1.10 bits per heavy atom. The molecule has 29 heavy (non-hydrogen) atoms. The molecule has 0 atom stereocenters. The maximum absolute atomic E-state index is 11.5. The van der Waals surface area contributed by atoms with Crippen LogP contribution in [0.1, 0.15) is 24.0 Å². The van der Waals surface area contributed by atoms with Crippen LogP contribution in [0, 0.1) is 0 Å². The van der Waals surface area contributed by atoms with E-state index >= 15 is 0 Å². The first-order valence-electron chi connectivity index (χ1n) is 9.79. The average Bonchev–Trinajstić information content (AvgIpc) is 2.73. The molecule has 2 aromatic rings. The summed E-state index contributed by atoms with van der Waals surface area (Å²) in [5, 5.41) is 11.9. The molecule has 4 N–H and O–H groups in total. The highest BCUT2D eigenvalue weighted by Crippen LogP contribution is 2.14. The molecule has 1 aliphatic rings. The molecule has 0 bridgehead atoms. The van der Waals surface area contributed by atoms with Crippen molar-refractivity contribution in [3.8, 4) is 0 Å². The predicted molar refractivity (Wildman–Crippen MR) is 116 cm³/mol. The number of benzene rings is 2. The monoisotopic (exact) mass is 415 g/mol. The van der Waals surface area contributed by atoms with Gasteiger partial charge >= 0.3 is 0 Å². The summed E-state index contributed by atoms with van der Waals surface area (Å²) in [7, 11) is -1.96. The van der Waals surface area contributed by atoms with E-state index in [-0.39, 0.29) is 4.90 Å². The number of primary sulfonamides is 1. The number of hydrogen-bond acceptors (Lipinski definition) is 4. The Kier molecular flexibility index (Phi) is 7.24. The minimum atomic E-state index is -3.70. The zero-order valence-electron chi connectivity index (χ0n) is 16.7. The van der Waals surface area contributed by atoms with Crippen molar-refractivity contribution in [1.29, 1.82) is 0 Å². The van der Waals surface area contributed by atoms with E-state index in [1.165, 1.54) is 11.6 Å². The molecule has 1 fully saturated rings. The molecule has 2 aromatic carbocycles. The zero-order chi connectivity index (χ0) is 20.7. The van der Waals surface area contributed by atoms with Crippen molar-refractivity contribution in [3.05, 3.63) is 65.7 Å². The van der Waals surface area contributed by atoms with Gasteiger partial charge in [-0.2, -0.15) is 0 Å². The lowest BCUT2D eigenvalue weighted by atomic mass is 10.0. The quantitative estimate of drug-likeness (QED) is 0.492. The molecule has 7 nitrogen and oxygen atoms in total. The molecule has 0 unspecified atom stereocenters. The van der Waals surface area contributed by atoms with Gasteiger partial charge in [0.15, 0.2) is 5.96 Å². The zero-order valence-corrected chi connectivity index (χ0v) is 17.5. The second-order valence-electron chi connectivity index (χ2n) is 7.30. The third-order valence-corrected chi connectivity index (χ3v) is 6.00. The summed E-state index contributed by atoms with van der Waals surface area (Å²) < 4.78 is 23.0. The van der Waals surface area contributed by atoms with E-state index in [1.807, 2.05) is 12.1 Å². The van der Waals surface area contributed by atoms with Crippen LogP contribution in [0.4, 0.5) is 0 Å². The van der Waals surface area contributed by atoms with Crippen LogP contribution in [-0.2, 0) is 23.1 Å². The number of sulfonamides is 1. The maximum Gasteiger partial charge on any atom is 0.238 e. The van der Waals surface area contributed by atoms with Gasteiger partial charge in [-0.25, -0.2) is 13.6 Å². The molecule has 3 rings (SSSR count). The largest absolute Gasteiger partial charge is 0.354 e. The van der Waals surface area contributed by atoms with Crippen LogP contribution in [0.3, 0.4) is 0 Å². The number of aliphatic imine (C=N–C) groups is 1. The summed E-state index contributed by atoms with van der Waals surface area (Å²) in [6.07, 6.45) is 2.10. The van der Waals surface area contributed by atoms with Gasteiger partial charge in [0.05, 0.1) is 4.90 Å². The van der Waals surface area contributed by atoms with E-state index < -0.39 is 10.0 Å². The Hall–Kier alpha value is -2.42. The molecule has 0 radical (unpaired) electrons.